The molecular formula is C54H89NO7. The maximum absolute atomic E-state index is 12.7. The van der Waals surface area contributed by atoms with Gasteiger partial charge in [0.1, 0.15) is 12.6 Å². The maximum atomic E-state index is 12.7. The average Bonchev–Trinajstić information content (AvgIpc) is 3.23. The molecule has 0 aliphatic heterocycles. The van der Waals surface area contributed by atoms with E-state index in [9.17, 15) is 19.5 Å². The summed E-state index contributed by atoms with van der Waals surface area (Å²) in [5, 5.41) is 11.6. The normalized spacial score (nSPS) is 13.8. The zero-order valence-corrected chi connectivity index (χ0v) is 40.0. The standard InChI is InChI=1S/C54H89NO7/c1-6-8-10-12-14-16-18-20-22-24-26-28-30-32-34-36-38-40-42-44-52(56)61-49-50(48-60-47-46-51(54(58)59)55(3,4)5)62-53(57)45-43-41-39-37-35-33-31-29-27-25-23-21-19-17-15-13-11-9-7-2/h9,11,14-17,20-23,27,29,33,35,39,41,50-51H,6-8,10,12-13,18-19,24-26,28,30-32,34,36-38,40,42-49H2,1-5H3/b11-9-,16-14-,17-15-,22-20-,23-21-,29-27-,35-33-,41-39-. The molecule has 0 rings (SSSR count). The number of carbonyl (C=O) groups is 3. The number of hydrogen-bond acceptors (Lipinski definition) is 7. The molecule has 0 aliphatic carbocycles. The minimum absolute atomic E-state index is 0.00337. The molecule has 0 spiro atoms. The van der Waals surface area contributed by atoms with Crippen molar-refractivity contribution < 1.29 is 38.2 Å². The molecule has 0 amide bonds. The van der Waals surface area contributed by atoms with Crippen LogP contribution in [0.5, 0.6) is 0 Å². The van der Waals surface area contributed by atoms with E-state index in [1.807, 2.05) is 12.2 Å². The van der Waals surface area contributed by atoms with Gasteiger partial charge in [-0.2, -0.15) is 0 Å². The van der Waals surface area contributed by atoms with Crippen LogP contribution < -0.4 is 5.11 Å². The molecule has 8 nitrogen and oxygen atoms in total. The highest BCUT2D eigenvalue weighted by molar-refractivity contribution is 5.70. The number of esters is 2. The van der Waals surface area contributed by atoms with Crippen LogP contribution in [0.4, 0.5) is 0 Å². The van der Waals surface area contributed by atoms with Gasteiger partial charge in [0.25, 0.3) is 0 Å². The van der Waals surface area contributed by atoms with Crippen LogP contribution in [0.2, 0.25) is 0 Å². The third-order valence-electron chi connectivity index (χ3n) is 10.2. The van der Waals surface area contributed by atoms with E-state index in [1.54, 1.807) is 21.1 Å². The van der Waals surface area contributed by atoms with Crippen LogP contribution in [0.3, 0.4) is 0 Å². The number of hydrogen-bond donors (Lipinski definition) is 0. The van der Waals surface area contributed by atoms with Crippen LogP contribution in [0.25, 0.3) is 0 Å². The number of quaternary nitrogens is 1. The molecular weight excluding hydrogens is 775 g/mol. The zero-order chi connectivity index (χ0) is 45.6. The monoisotopic (exact) mass is 864 g/mol. The second-order valence-electron chi connectivity index (χ2n) is 17.0. The van der Waals surface area contributed by atoms with Gasteiger partial charge in [-0.15, -0.1) is 0 Å². The van der Waals surface area contributed by atoms with Crippen LogP contribution in [0.1, 0.15) is 174 Å². The highest BCUT2D eigenvalue weighted by Crippen LogP contribution is 2.13. The highest BCUT2D eigenvalue weighted by atomic mass is 16.6. The summed E-state index contributed by atoms with van der Waals surface area (Å²) in [6.45, 7) is 4.43. The molecule has 0 aliphatic rings. The van der Waals surface area contributed by atoms with Crippen LogP contribution >= 0.6 is 0 Å². The lowest BCUT2D eigenvalue weighted by Gasteiger charge is -2.34. The molecule has 0 aromatic carbocycles. The Labute approximate surface area is 379 Å². The molecule has 2 atom stereocenters. The number of carboxylic acid groups (broad SMARTS) is 1. The third-order valence-corrected chi connectivity index (χ3v) is 10.2. The number of carbonyl (C=O) groups excluding carboxylic acids is 3. The van der Waals surface area contributed by atoms with Gasteiger partial charge in [-0.25, -0.2) is 0 Å². The molecule has 0 fully saturated rings. The summed E-state index contributed by atoms with van der Waals surface area (Å²) in [5.74, 6) is -1.86. The Bertz CT molecular complexity index is 1330. The van der Waals surface area contributed by atoms with E-state index in [0.717, 1.165) is 64.2 Å². The molecule has 0 heterocycles. The SMILES string of the molecule is CC/C=C\C/C=C\C/C=C\C/C=C\C/C=C\C/C=C\CCC(=O)OC(COCCC(C(=O)[O-])[N+](C)(C)C)COC(=O)CCCCCCCCCCC/C=C\C/C=C\CCCCC. The predicted molar refractivity (Wildman–Crippen MR) is 258 cm³/mol. The van der Waals surface area contributed by atoms with Crippen molar-refractivity contribution in [1.29, 1.82) is 0 Å². The molecule has 0 N–H and O–H groups in total. The number of nitrogens with zero attached hydrogens (tertiary/aromatic N) is 1. The fraction of sp³-hybridized carbons (Fsp3) is 0.648. The van der Waals surface area contributed by atoms with Gasteiger partial charge in [0, 0.05) is 19.3 Å². The Balaban J connectivity index is 4.42. The minimum atomic E-state index is -1.14. The van der Waals surface area contributed by atoms with E-state index in [-0.39, 0.29) is 43.1 Å². The largest absolute Gasteiger partial charge is 0.544 e. The van der Waals surface area contributed by atoms with Gasteiger partial charge in [0.05, 0.1) is 40.3 Å². The summed E-state index contributed by atoms with van der Waals surface area (Å²) in [6, 6.07) is -0.745. The fourth-order valence-electron chi connectivity index (χ4n) is 6.48. The Kier molecular flexibility index (Phi) is 41.2. The summed E-state index contributed by atoms with van der Waals surface area (Å²) in [4.78, 5) is 36.9. The van der Waals surface area contributed by atoms with Crippen molar-refractivity contribution in [2.24, 2.45) is 0 Å². The first-order valence-electron chi connectivity index (χ1n) is 24.3. The molecule has 0 aromatic heterocycles. The average molecular weight is 864 g/mol. The zero-order valence-electron chi connectivity index (χ0n) is 40.0. The van der Waals surface area contributed by atoms with E-state index < -0.39 is 24.1 Å². The van der Waals surface area contributed by atoms with Crippen LogP contribution in [0.15, 0.2) is 97.2 Å². The van der Waals surface area contributed by atoms with Crippen molar-refractivity contribution in [3.05, 3.63) is 97.2 Å². The number of aliphatic carboxylic acids is 1. The van der Waals surface area contributed by atoms with E-state index in [0.29, 0.717) is 12.8 Å². The Morgan fingerprint density at radius 3 is 1.40 bits per heavy atom. The van der Waals surface area contributed by atoms with E-state index in [1.165, 1.54) is 70.6 Å². The molecule has 2 unspecified atom stereocenters. The molecule has 0 bridgehead atoms. The van der Waals surface area contributed by atoms with Crippen molar-refractivity contribution in [3.8, 4) is 0 Å². The second kappa shape index (κ2) is 43.9. The smallest absolute Gasteiger partial charge is 0.306 e. The second-order valence-corrected chi connectivity index (χ2v) is 17.0. The van der Waals surface area contributed by atoms with Crippen molar-refractivity contribution in [3.63, 3.8) is 0 Å². The number of likely N-dealkylation sites (N-methyl/N-ethyl adjacent to an activating group) is 1. The lowest BCUT2D eigenvalue weighted by molar-refractivity contribution is -0.889. The van der Waals surface area contributed by atoms with Gasteiger partial charge in [-0.3, -0.25) is 9.59 Å². The third kappa shape index (κ3) is 41.6. The maximum Gasteiger partial charge on any atom is 0.306 e. The molecule has 0 saturated heterocycles. The molecule has 352 valence electrons. The summed E-state index contributed by atoms with van der Waals surface area (Å²) in [7, 11) is 5.38. The molecule has 8 heteroatoms. The quantitative estimate of drug-likeness (QED) is 0.0261. The predicted octanol–water partition coefficient (Wildman–Crippen LogP) is 12.5. The van der Waals surface area contributed by atoms with Gasteiger partial charge in [0.15, 0.2) is 6.10 Å². The van der Waals surface area contributed by atoms with E-state index in [4.69, 9.17) is 14.2 Å². The van der Waals surface area contributed by atoms with Gasteiger partial charge in [0.2, 0.25) is 0 Å². The number of ether oxygens (including phenoxy) is 3. The summed E-state index contributed by atoms with van der Waals surface area (Å²) >= 11 is 0. The van der Waals surface area contributed by atoms with Gasteiger partial charge < -0.3 is 28.6 Å². The molecule has 62 heavy (non-hydrogen) atoms. The first-order valence-corrected chi connectivity index (χ1v) is 24.3. The molecule has 0 radical (unpaired) electrons. The first-order chi connectivity index (χ1) is 30.1. The Morgan fingerprint density at radius 2 is 0.935 bits per heavy atom. The summed E-state index contributed by atoms with van der Waals surface area (Å²) in [5.41, 5.74) is 0. The van der Waals surface area contributed by atoms with Crippen LogP contribution in [-0.2, 0) is 28.6 Å². The lowest BCUT2D eigenvalue weighted by atomic mass is 10.1. The van der Waals surface area contributed by atoms with Gasteiger partial charge in [-0.05, 0) is 83.5 Å². The minimum Gasteiger partial charge on any atom is -0.544 e. The number of carboxylic acids is 1. The number of unbranched alkanes of at least 4 members (excludes halogenated alkanes) is 12. The topological polar surface area (TPSA) is 102 Å². The molecule has 0 aromatic rings. The Hall–Kier alpha value is -3.75. The number of allylic oxidation sites excluding steroid dienone is 16. The van der Waals surface area contributed by atoms with Gasteiger partial charge >= 0.3 is 11.9 Å². The highest BCUT2D eigenvalue weighted by Gasteiger charge is 2.25. The molecule has 0 saturated carbocycles. The number of rotatable bonds is 42. The first kappa shape index (κ1) is 58.2. The van der Waals surface area contributed by atoms with Crippen molar-refractivity contribution in [2.75, 3.05) is 41.0 Å². The van der Waals surface area contributed by atoms with E-state index in [2.05, 4.69) is 98.9 Å². The van der Waals surface area contributed by atoms with Crippen LogP contribution in [0, 0.1) is 0 Å². The fourth-order valence-corrected chi connectivity index (χ4v) is 6.48. The van der Waals surface area contributed by atoms with Crippen molar-refractivity contribution >= 4 is 17.9 Å². The lowest BCUT2D eigenvalue weighted by Crippen LogP contribution is -2.55. The van der Waals surface area contributed by atoms with Crippen LogP contribution in [-0.4, -0.2) is 75.5 Å². The summed E-state index contributed by atoms with van der Waals surface area (Å²) in [6.07, 6.45) is 58.8. The van der Waals surface area contributed by atoms with Gasteiger partial charge in [-0.1, -0.05) is 169 Å². The summed E-state index contributed by atoms with van der Waals surface area (Å²) < 4.78 is 17.1. The van der Waals surface area contributed by atoms with E-state index >= 15 is 0 Å². The van der Waals surface area contributed by atoms with Crippen molar-refractivity contribution in [1.82, 2.24) is 0 Å². The van der Waals surface area contributed by atoms with Crippen molar-refractivity contribution in [2.45, 2.75) is 187 Å². The Morgan fingerprint density at radius 1 is 0.500 bits per heavy atom.